The predicted octanol–water partition coefficient (Wildman–Crippen LogP) is 1.02. The molecule has 0 fully saturated rings. The van der Waals surface area contributed by atoms with Crippen LogP contribution >= 0.6 is 0 Å². The van der Waals surface area contributed by atoms with Crippen LogP contribution in [0.25, 0.3) is 0 Å². The monoisotopic (exact) mass is 318 g/mol. The first-order valence-electron chi connectivity index (χ1n) is 7.02. The molecule has 0 aromatic carbocycles. The molecule has 0 spiro atoms. The van der Waals surface area contributed by atoms with Gasteiger partial charge in [0, 0.05) is 24.5 Å². The van der Waals surface area contributed by atoms with E-state index in [4.69, 9.17) is 10.5 Å². The highest BCUT2D eigenvalue weighted by molar-refractivity contribution is 5.97. The molecule has 2 aromatic heterocycles. The number of nitrogens with zero attached hydrogens (tertiary/aromatic N) is 4. The van der Waals surface area contributed by atoms with Gasteiger partial charge < -0.3 is 15.8 Å². The van der Waals surface area contributed by atoms with E-state index < -0.39 is 18.0 Å². The van der Waals surface area contributed by atoms with Gasteiger partial charge in [-0.2, -0.15) is 5.10 Å². The molecule has 2 heterocycles. The van der Waals surface area contributed by atoms with Gasteiger partial charge in [-0.25, -0.2) is 19.4 Å². The van der Waals surface area contributed by atoms with Gasteiger partial charge in [-0.15, -0.1) is 0 Å². The summed E-state index contributed by atoms with van der Waals surface area (Å²) < 4.78 is 6.71. The number of hydrogen-bond donors (Lipinski definition) is 2. The van der Waals surface area contributed by atoms with E-state index in [1.165, 1.54) is 19.3 Å². The Hall–Kier alpha value is -2.97. The highest BCUT2D eigenvalue weighted by Crippen LogP contribution is 2.14. The molecule has 3 N–H and O–H groups in total. The molecule has 0 bridgehead atoms. The van der Waals surface area contributed by atoms with Crippen molar-refractivity contribution in [2.75, 3.05) is 11.1 Å². The van der Waals surface area contributed by atoms with Crippen molar-refractivity contribution in [1.82, 2.24) is 19.7 Å². The van der Waals surface area contributed by atoms with Gasteiger partial charge in [0.25, 0.3) is 5.91 Å². The van der Waals surface area contributed by atoms with Crippen LogP contribution in [0, 0.1) is 0 Å². The highest BCUT2D eigenvalue weighted by atomic mass is 16.5. The molecular formula is C14H18N6O3. The first-order chi connectivity index (χ1) is 10.9. The molecule has 23 heavy (non-hydrogen) atoms. The second-order valence-electron chi connectivity index (χ2n) is 5.08. The molecule has 0 radical (unpaired) electrons. The third-order valence-corrected chi connectivity index (χ3v) is 2.98. The summed E-state index contributed by atoms with van der Waals surface area (Å²) in [5.41, 5.74) is 5.42. The summed E-state index contributed by atoms with van der Waals surface area (Å²) in [6.45, 7) is 5.32. The van der Waals surface area contributed by atoms with Crippen LogP contribution in [-0.4, -0.2) is 37.7 Å². The lowest BCUT2D eigenvalue weighted by molar-refractivity contribution is -0.123. The highest BCUT2D eigenvalue weighted by Gasteiger charge is 2.22. The van der Waals surface area contributed by atoms with E-state index in [0.29, 0.717) is 5.82 Å². The molecule has 122 valence electrons. The van der Waals surface area contributed by atoms with Gasteiger partial charge >= 0.3 is 5.97 Å². The number of carbonyl (C=O) groups excluding carboxylic acids is 2. The van der Waals surface area contributed by atoms with Gasteiger partial charge in [-0.05, 0) is 20.8 Å². The second-order valence-corrected chi connectivity index (χ2v) is 5.08. The van der Waals surface area contributed by atoms with Gasteiger partial charge in [0.05, 0.1) is 6.20 Å². The van der Waals surface area contributed by atoms with E-state index in [-0.39, 0.29) is 17.6 Å². The summed E-state index contributed by atoms with van der Waals surface area (Å²) in [5.74, 6) is -0.825. The van der Waals surface area contributed by atoms with Crippen LogP contribution in [0.1, 0.15) is 37.3 Å². The number of hydrogen-bond acceptors (Lipinski definition) is 7. The molecule has 0 saturated heterocycles. The summed E-state index contributed by atoms with van der Waals surface area (Å²) >= 11 is 0. The molecule has 0 saturated carbocycles. The predicted molar refractivity (Wildman–Crippen MR) is 82.6 cm³/mol. The summed E-state index contributed by atoms with van der Waals surface area (Å²) in [6.07, 6.45) is 3.22. The molecule has 1 atom stereocenters. The van der Waals surface area contributed by atoms with E-state index in [0.717, 1.165) is 0 Å². The minimum Gasteiger partial charge on any atom is -0.448 e. The molecular weight excluding hydrogens is 300 g/mol. The Labute approximate surface area is 132 Å². The van der Waals surface area contributed by atoms with Crippen molar-refractivity contribution in [3.63, 3.8) is 0 Å². The normalized spacial score (nSPS) is 12.0. The number of carbonyl (C=O) groups is 2. The number of amides is 1. The lowest BCUT2D eigenvalue weighted by atomic mass is 10.3. The van der Waals surface area contributed by atoms with Crippen molar-refractivity contribution in [2.45, 2.75) is 32.9 Å². The van der Waals surface area contributed by atoms with Crippen molar-refractivity contribution >= 4 is 23.5 Å². The maximum absolute atomic E-state index is 12.1. The number of aromatic nitrogens is 4. The third kappa shape index (κ3) is 3.82. The summed E-state index contributed by atoms with van der Waals surface area (Å²) in [5, 5.41) is 6.77. The zero-order valence-electron chi connectivity index (χ0n) is 13.1. The molecule has 1 amide bonds. The van der Waals surface area contributed by atoms with Crippen molar-refractivity contribution in [2.24, 2.45) is 0 Å². The Bertz CT molecular complexity index is 712. The lowest BCUT2D eigenvalue weighted by Crippen LogP contribution is -2.31. The summed E-state index contributed by atoms with van der Waals surface area (Å²) in [7, 11) is 0. The zero-order chi connectivity index (χ0) is 17.0. The van der Waals surface area contributed by atoms with Crippen molar-refractivity contribution in [3.8, 4) is 0 Å². The quantitative estimate of drug-likeness (QED) is 0.788. The molecule has 9 nitrogen and oxygen atoms in total. The number of rotatable bonds is 5. The van der Waals surface area contributed by atoms with Crippen LogP contribution in [0.15, 0.2) is 24.7 Å². The van der Waals surface area contributed by atoms with Crippen LogP contribution in [-0.2, 0) is 9.53 Å². The number of nitrogen functional groups attached to an aromatic ring is 1. The standard InChI is InChI=1S/C14H18N6O3/c1-8(2)20-10(4-5-18-20)19-13(21)9(3)23-14(22)11-12(15)17-7-6-16-11/h4-9H,1-3H3,(H2,15,17)(H,19,21). The fourth-order valence-corrected chi connectivity index (χ4v) is 1.83. The largest absolute Gasteiger partial charge is 0.448 e. The minimum absolute atomic E-state index is 0.0528. The van der Waals surface area contributed by atoms with E-state index >= 15 is 0 Å². The minimum atomic E-state index is -1.03. The average Bonchev–Trinajstić information content (AvgIpc) is 2.95. The fraction of sp³-hybridized carbons (Fsp3) is 0.357. The topological polar surface area (TPSA) is 125 Å². The maximum Gasteiger partial charge on any atom is 0.361 e. The fourth-order valence-electron chi connectivity index (χ4n) is 1.83. The van der Waals surface area contributed by atoms with Crippen molar-refractivity contribution in [1.29, 1.82) is 0 Å². The number of nitrogens with one attached hydrogen (secondary N) is 1. The van der Waals surface area contributed by atoms with Crippen LogP contribution < -0.4 is 11.1 Å². The summed E-state index contributed by atoms with van der Waals surface area (Å²) in [4.78, 5) is 31.6. The van der Waals surface area contributed by atoms with Crippen LogP contribution in [0.3, 0.4) is 0 Å². The van der Waals surface area contributed by atoms with Crippen LogP contribution in [0.5, 0.6) is 0 Å². The molecule has 2 rings (SSSR count). The molecule has 2 aromatic rings. The van der Waals surface area contributed by atoms with Gasteiger partial charge in [0.2, 0.25) is 0 Å². The Balaban J connectivity index is 2.01. The molecule has 0 aliphatic rings. The number of esters is 1. The third-order valence-electron chi connectivity index (χ3n) is 2.98. The van der Waals surface area contributed by atoms with Gasteiger partial charge in [0.15, 0.2) is 17.6 Å². The van der Waals surface area contributed by atoms with E-state index in [2.05, 4.69) is 20.4 Å². The van der Waals surface area contributed by atoms with E-state index in [1.807, 2.05) is 13.8 Å². The molecule has 9 heteroatoms. The SMILES string of the molecule is CC(OC(=O)c1nccnc1N)C(=O)Nc1ccnn1C(C)C. The number of ether oxygens (including phenoxy) is 1. The Morgan fingerprint density at radius 3 is 2.57 bits per heavy atom. The smallest absolute Gasteiger partial charge is 0.361 e. The first-order valence-corrected chi connectivity index (χ1v) is 7.02. The first kappa shape index (κ1) is 16.4. The second kappa shape index (κ2) is 6.86. The Kier molecular flexibility index (Phi) is 4.89. The van der Waals surface area contributed by atoms with Gasteiger partial charge in [-0.1, -0.05) is 0 Å². The zero-order valence-corrected chi connectivity index (χ0v) is 13.1. The molecule has 1 unspecified atom stereocenters. The maximum atomic E-state index is 12.1. The molecule has 0 aliphatic carbocycles. The van der Waals surface area contributed by atoms with Crippen molar-refractivity contribution < 1.29 is 14.3 Å². The lowest BCUT2D eigenvalue weighted by Gasteiger charge is -2.15. The Morgan fingerprint density at radius 2 is 1.91 bits per heavy atom. The van der Waals surface area contributed by atoms with E-state index in [1.54, 1.807) is 16.9 Å². The number of nitrogens with two attached hydrogens (primary N) is 1. The van der Waals surface area contributed by atoms with Gasteiger partial charge in [0.1, 0.15) is 5.82 Å². The average molecular weight is 318 g/mol. The number of anilines is 2. The van der Waals surface area contributed by atoms with Crippen LogP contribution in [0.2, 0.25) is 0 Å². The molecule has 0 aliphatic heterocycles. The van der Waals surface area contributed by atoms with Gasteiger partial charge in [-0.3, -0.25) is 4.79 Å². The summed E-state index contributed by atoms with van der Waals surface area (Å²) in [6, 6.07) is 1.74. The van der Waals surface area contributed by atoms with Crippen molar-refractivity contribution in [3.05, 3.63) is 30.4 Å². The van der Waals surface area contributed by atoms with Crippen LogP contribution in [0.4, 0.5) is 11.6 Å². The van der Waals surface area contributed by atoms with E-state index in [9.17, 15) is 9.59 Å². The Morgan fingerprint density at radius 1 is 1.22 bits per heavy atom.